The first-order valence-corrected chi connectivity index (χ1v) is 5.38. The van der Waals surface area contributed by atoms with E-state index in [1.165, 1.54) is 30.9 Å². The number of methoxy groups -OCH3 is 2. The van der Waals surface area contributed by atoms with E-state index < -0.39 is 11.9 Å². The van der Waals surface area contributed by atoms with Crippen LogP contribution in [0.15, 0.2) is 12.1 Å². The zero-order chi connectivity index (χ0) is 14.2. The minimum atomic E-state index is -1.12. The number of fused-ring (bicyclic) bond motifs is 1. The Morgan fingerprint density at radius 3 is 2.53 bits per heavy atom. The SMILES string of the molecule is COC(=O)c1c(C)nn2c(OC)cc(C(=O)O)cc12. The second kappa shape index (κ2) is 4.60. The lowest BCUT2D eigenvalue weighted by Crippen LogP contribution is -2.05. The highest BCUT2D eigenvalue weighted by atomic mass is 16.5. The summed E-state index contributed by atoms with van der Waals surface area (Å²) in [5.74, 6) is -1.46. The molecule has 0 aliphatic heterocycles. The predicted octanol–water partition coefficient (Wildman–Crippen LogP) is 1.14. The molecule has 7 heteroatoms. The van der Waals surface area contributed by atoms with Gasteiger partial charge < -0.3 is 14.6 Å². The molecule has 0 fully saturated rings. The van der Waals surface area contributed by atoms with Crippen LogP contribution in [0.1, 0.15) is 26.4 Å². The molecule has 2 rings (SSSR count). The van der Waals surface area contributed by atoms with E-state index in [1.807, 2.05) is 0 Å². The fraction of sp³-hybridized carbons (Fsp3) is 0.250. The number of carbonyl (C=O) groups is 2. The summed E-state index contributed by atoms with van der Waals surface area (Å²) in [6, 6.07) is 2.69. The maximum atomic E-state index is 11.7. The number of hydrogen-bond donors (Lipinski definition) is 1. The van der Waals surface area contributed by atoms with E-state index in [-0.39, 0.29) is 17.0 Å². The molecule has 0 spiro atoms. The van der Waals surface area contributed by atoms with Crippen molar-refractivity contribution < 1.29 is 24.2 Å². The Morgan fingerprint density at radius 2 is 2.00 bits per heavy atom. The summed E-state index contributed by atoms with van der Waals surface area (Å²) in [4.78, 5) is 22.8. The summed E-state index contributed by atoms with van der Waals surface area (Å²) in [6.45, 7) is 1.64. The van der Waals surface area contributed by atoms with Crippen LogP contribution in [-0.2, 0) is 4.74 Å². The highest BCUT2D eigenvalue weighted by Gasteiger charge is 2.21. The lowest BCUT2D eigenvalue weighted by atomic mass is 10.1. The number of pyridine rings is 1. The highest BCUT2D eigenvalue weighted by Crippen LogP contribution is 2.23. The Hall–Kier alpha value is -2.57. The van der Waals surface area contributed by atoms with Crippen LogP contribution in [-0.4, -0.2) is 40.9 Å². The third-order valence-electron chi connectivity index (χ3n) is 2.72. The number of carboxylic acid groups (broad SMARTS) is 1. The smallest absolute Gasteiger partial charge is 0.341 e. The van der Waals surface area contributed by atoms with Gasteiger partial charge in [-0.2, -0.15) is 9.61 Å². The summed E-state index contributed by atoms with van der Waals surface area (Å²) >= 11 is 0. The van der Waals surface area contributed by atoms with Crippen molar-refractivity contribution in [1.29, 1.82) is 0 Å². The van der Waals surface area contributed by atoms with E-state index >= 15 is 0 Å². The number of hydrogen-bond acceptors (Lipinski definition) is 5. The van der Waals surface area contributed by atoms with Gasteiger partial charge in [-0.25, -0.2) is 9.59 Å². The van der Waals surface area contributed by atoms with Gasteiger partial charge in [-0.1, -0.05) is 0 Å². The van der Waals surface area contributed by atoms with Crippen LogP contribution >= 0.6 is 0 Å². The van der Waals surface area contributed by atoms with Crippen LogP contribution in [0.25, 0.3) is 5.52 Å². The van der Waals surface area contributed by atoms with Crippen molar-refractivity contribution in [3.8, 4) is 5.88 Å². The van der Waals surface area contributed by atoms with Gasteiger partial charge in [0.1, 0.15) is 5.56 Å². The number of rotatable bonds is 3. The van der Waals surface area contributed by atoms with Crippen LogP contribution in [0.4, 0.5) is 0 Å². The van der Waals surface area contributed by atoms with E-state index in [1.54, 1.807) is 6.92 Å². The van der Waals surface area contributed by atoms with Gasteiger partial charge in [0, 0.05) is 6.07 Å². The fourth-order valence-corrected chi connectivity index (χ4v) is 1.85. The van der Waals surface area contributed by atoms with E-state index in [0.717, 1.165) is 0 Å². The highest BCUT2D eigenvalue weighted by molar-refractivity contribution is 6.00. The Balaban J connectivity index is 2.84. The van der Waals surface area contributed by atoms with Gasteiger partial charge in [0.15, 0.2) is 0 Å². The van der Waals surface area contributed by atoms with Crippen LogP contribution in [0, 0.1) is 6.92 Å². The molecular formula is C12H12N2O5. The average molecular weight is 264 g/mol. The van der Waals surface area contributed by atoms with Gasteiger partial charge in [-0.05, 0) is 13.0 Å². The number of aryl methyl sites for hydroxylation is 1. The van der Waals surface area contributed by atoms with Crippen molar-refractivity contribution in [1.82, 2.24) is 9.61 Å². The molecule has 0 saturated carbocycles. The summed E-state index contributed by atoms with van der Waals surface area (Å²) < 4.78 is 11.1. The minimum Gasteiger partial charge on any atom is -0.481 e. The van der Waals surface area contributed by atoms with Gasteiger partial charge in [0.2, 0.25) is 5.88 Å². The summed E-state index contributed by atoms with van der Waals surface area (Å²) in [5, 5.41) is 13.2. The molecule has 0 saturated heterocycles. The van der Waals surface area contributed by atoms with E-state index in [0.29, 0.717) is 11.2 Å². The molecule has 0 aromatic carbocycles. The largest absolute Gasteiger partial charge is 0.481 e. The first-order chi connectivity index (χ1) is 8.99. The zero-order valence-corrected chi connectivity index (χ0v) is 10.6. The predicted molar refractivity (Wildman–Crippen MR) is 64.8 cm³/mol. The minimum absolute atomic E-state index is 0.00871. The molecule has 7 nitrogen and oxygen atoms in total. The molecule has 0 radical (unpaired) electrons. The number of aromatic carboxylic acids is 1. The monoisotopic (exact) mass is 264 g/mol. The number of ether oxygens (including phenoxy) is 2. The zero-order valence-electron chi connectivity index (χ0n) is 10.6. The van der Waals surface area contributed by atoms with Crippen molar-refractivity contribution >= 4 is 17.5 Å². The molecule has 19 heavy (non-hydrogen) atoms. The molecule has 0 amide bonds. The van der Waals surface area contributed by atoms with Gasteiger partial charge in [0.05, 0.1) is 31.0 Å². The average Bonchev–Trinajstić information content (AvgIpc) is 2.72. The van der Waals surface area contributed by atoms with Gasteiger partial charge >= 0.3 is 11.9 Å². The number of esters is 1. The summed E-state index contributed by atoms with van der Waals surface area (Å²) in [5.41, 5.74) is 1.01. The second-order valence-corrected chi connectivity index (χ2v) is 3.84. The van der Waals surface area contributed by atoms with Crippen molar-refractivity contribution in [3.05, 3.63) is 29.0 Å². The Morgan fingerprint density at radius 1 is 1.32 bits per heavy atom. The fourth-order valence-electron chi connectivity index (χ4n) is 1.85. The molecule has 0 bridgehead atoms. The van der Waals surface area contributed by atoms with Gasteiger partial charge in [-0.3, -0.25) is 0 Å². The Kier molecular flexibility index (Phi) is 3.12. The van der Waals surface area contributed by atoms with E-state index in [2.05, 4.69) is 9.84 Å². The molecule has 0 unspecified atom stereocenters. The maximum Gasteiger partial charge on any atom is 0.341 e. The number of carbonyl (C=O) groups excluding carboxylic acids is 1. The van der Waals surface area contributed by atoms with E-state index in [4.69, 9.17) is 9.84 Å². The second-order valence-electron chi connectivity index (χ2n) is 3.84. The Bertz CT molecular complexity index is 674. The van der Waals surface area contributed by atoms with Gasteiger partial charge in [-0.15, -0.1) is 0 Å². The van der Waals surface area contributed by atoms with Crippen molar-refractivity contribution in [3.63, 3.8) is 0 Å². The standard InChI is InChI=1S/C12H12N2O5/c1-6-10(12(17)19-3)8-4-7(11(15)16)5-9(18-2)14(8)13-6/h4-5H,1-3H3,(H,15,16). The van der Waals surface area contributed by atoms with Gasteiger partial charge in [0.25, 0.3) is 0 Å². The first-order valence-electron chi connectivity index (χ1n) is 5.38. The number of nitrogens with zero attached hydrogens (tertiary/aromatic N) is 2. The third kappa shape index (κ3) is 1.99. The topological polar surface area (TPSA) is 90.1 Å². The molecular weight excluding hydrogens is 252 g/mol. The van der Waals surface area contributed by atoms with Crippen molar-refractivity contribution in [2.24, 2.45) is 0 Å². The summed E-state index contributed by atoms with van der Waals surface area (Å²) in [7, 11) is 2.65. The normalized spacial score (nSPS) is 10.5. The molecule has 2 heterocycles. The number of aromatic nitrogens is 2. The molecule has 1 N–H and O–H groups in total. The third-order valence-corrected chi connectivity index (χ3v) is 2.72. The molecule has 0 aliphatic carbocycles. The maximum absolute atomic E-state index is 11.7. The molecule has 2 aromatic heterocycles. The van der Waals surface area contributed by atoms with Crippen LogP contribution in [0.3, 0.4) is 0 Å². The molecule has 100 valence electrons. The van der Waals surface area contributed by atoms with Crippen molar-refractivity contribution in [2.75, 3.05) is 14.2 Å². The Labute approximate surface area is 108 Å². The van der Waals surface area contributed by atoms with Crippen molar-refractivity contribution in [2.45, 2.75) is 6.92 Å². The van der Waals surface area contributed by atoms with E-state index in [9.17, 15) is 9.59 Å². The first kappa shape index (κ1) is 12.9. The lowest BCUT2D eigenvalue weighted by molar-refractivity contribution is 0.0600. The molecule has 2 aromatic rings. The lowest BCUT2D eigenvalue weighted by Gasteiger charge is -2.05. The number of carboxylic acids is 1. The molecule has 0 atom stereocenters. The van der Waals surface area contributed by atoms with Crippen LogP contribution in [0.5, 0.6) is 5.88 Å². The quantitative estimate of drug-likeness (QED) is 0.836. The van der Waals surface area contributed by atoms with Crippen LogP contribution < -0.4 is 4.74 Å². The molecule has 0 aliphatic rings. The van der Waals surface area contributed by atoms with Crippen LogP contribution in [0.2, 0.25) is 0 Å². The summed E-state index contributed by atoms with van der Waals surface area (Å²) in [6.07, 6.45) is 0.